The second-order valence-corrected chi connectivity index (χ2v) is 8.40. The van der Waals surface area contributed by atoms with Gasteiger partial charge in [-0.25, -0.2) is 0 Å². The lowest BCUT2D eigenvalue weighted by atomic mass is 10.1. The van der Waals surface area contributed by atoms with Gasteiger partial charge in [-0.3, -0.25) is 9.59 Å². The van der Waals surface area contributed by atoms with Gasteiger partial charge in [0.15, 0.2) is 0 Å². The standard InChI is InChI=1S/C23H25N3O4S/c1-14-6-7-18(10-15(14)2)26-22(27)9-8-21(25-26)31-16(3)23(28)24-17-11-19(29-4)13-20(12-17)30-5/h6-13,16H,1-5H3,(H,24,28)/t16-/m1/s1. The summed E-state index contributed by atoms with van der Waals surface area (Å²) in [6.07, 6.45) is 0. The maximum Gasteiger partial charge on any atom is 0.271 e. The van der Waals surface area contributed by atoms with E-state index in [4.69, 9.17) is 9.47 Å². The van der Waals surface area contributed by atoms with E-state index in [0.717, 1.165) is 11.1 Å². The van der Waals surface area contributed by atoms with E-state index < -0.39 is 5.25 Å². The summed E-state index contributed by atoms with van der Waals surface area (Å²) in [7, 11) is 3.10. The first-order chi connectivity index (χ1) is 14.8. The molecule has 31 heavy (non-hydrogen) atoms. The summed E-state index contributed by atoms with van der Waals surface area (Å²) in [5.74, 6) is 0.959. The Morgan fingerprint density at radius 3 is 2.29 bits per heavy atom. The van der Waals surface area contributed by atoms with Crippen molar-refractivity contribution in [3.05, 3.63) is 70.0 Å². The second kappa shape index (κ2) is 9.70. The number of rotatable bonds is 7. The quantitative estimate of drug-likeness (QED) is 0.561. The molecule has 0 fully saturated rings. The molecule has 3 aromatic rings. The maximum atomic E-state index is 12.7. The first-order valence-electron chi connectivity index (χ1n) is 9.69. The van der Waals surface area contributed by atoms with Crippen molar-refractivity contribution in [1.29, 1.82) is 0 Å². The fourth-order valence-electron chi connectivity index (χ4n) is 2.86. The van der Waals surface area contributed by atoms with Gasteiger partial charge in [-0.15, -0.1) is 0 Å². The normalized spacial score (nSPS) is 11.6. The van der Waals surface area contributed by atoms with Crippen LogP contribution in [0.1, 0.15) is 18.1 Å². The Bertz CT molecular complexity index is 1140. The zero-order valence-corrected chi connectivity index (χ0v) is 18.9. The minimum atomic E-state index is -0.449. The smallest absolute Gasteiger partial charge is 0.271 e. The van der Waals surface area contributed by atoms with Crippen molar-refractivity contribution in [1.82, 2.24) is 9.78 Å². The van der Waals surface area contributed by atoms with Gasteiger partial charge in [0.2, 0.25) is 5.91 Å². The van der Waals surface area contributed by atoms with Gasteiger partial charge in [0.1, 0.15) is 16.5 Å². The topological polar surface area (TPSA) is 82.5 Å². The van der Waals surface area contributed by atoms with E-state index in [1.165, 1.54) is 22.5 Å². The molecular formula is C23H25N3O4S. The van der Waals surface area contributed by atoms with Gasteiger partial charge in [0, 0.05) is 30.0 Å². The molecule has 3 rings (SSSR count). The molecule has 0 saturated carbocycles. The molecule has 0 aliphatic heterocycles. The third-order valence-electron chi connectivity index (χ3n) is 4.80. The van der Waals surface area contributed by atoms with Gasteiger partial charge in [0.05, 0.1) is 25.2 Å². The van der Waals surface area contributed by atoms with E-state index in [0.29, 0.717) is 27.9 Å². The minimum Gasteiger partial charge on any atom is -0.497 e. The van der Waals surface area contributed by atoms with Gasteiger partial charge in [-0.05, 0) is 50.1 Å². The summed E-state index contributed by atoms with van der Waals surface area (Å²) < 4.78 is 11.8. The molecule has 0 aliphatic carbocycles. The number of benzene rings is 2. The van der Waals surface area contributed by atoms with Gasteiger partial charge in [0.25, 0.3) is 5.56 Å². The Hall–Kier alpha value is -3.26. The summed E-state index contributed by atoms with van der Waals surface area (Å²) in [6, 6.07) is 14.0. The number of anilines is 1. The number of hydrogen-bond donors (Lipinski definition) is 1. The Morgan fingerprint density at radius 1 is 1.00 bits per heavy atom. The molecule has 1 atom stereocenters. The lowest BCUT2D eigenvalue weighted by Crippen LogP contribution is -2.24. The van der Waals surface area contributed by atoms with Crippen LogP contribution in [-0.2, 0) is 4.79 Å². The van der Waals surface area contributed by atoms with Crippen LogP contribution in [0.25, 0.3) is 5.69 Å². The number of thioether (sulfide) groups is 1. The molecule has 0 radical (unpaired) electrons. The Balaban J connectivity index is 1.77. The number of aryl methyl sites for hydroxylation is 2. The fraction of sp³-hybridized carbons (Fsp3) is 0.261. The van der Waals surface area contributed by atoms with Crippen LogP contribution < -0.4 is 20.3 Å². The first kappa shape index (κ1) is 22.4. The summed E-state index contributed by atoms with van der Waals surface area (Å²) >= 11 is 1.27. The SMILES string of the molecule is COc1cc(NC(=O)[C@@H](C)Sc2ccc(=O)n(-c3ccc(C)c(C)c3)n2)cc(OC)c1. The summed E-state index contributed by atoms with van der Waals surface area (Å²) in [5.41, 5.74) is 3.25. The van der Waals surface area contributed by atoms with Crippen molar-refractivity contribution in [3.8, 4) is 17.2 Å². The number of amides is 1. The van der Waals surface area contributed by atoms with Crippen molar-refractivity contribution < 1.29 is 14.3 Å². The Morgan fingerprint density at radius 2 is 1.68 bits per heavy atom. The summed E-state index contributed by atoms with van der Waals surface area (Å²) in [6.45, 7) is 5.78. The number of hydrogen-bond acceptors (Lipinski definition) is 6. The van der Waals surface area contributed by atoms with Crippen molar-refractivity contribution in [2.24, 2.45) is 0 Å². The minimum absolute atomic E-state index is 0.203. The molecule has 1 N–H and O–H groups in total. The van der Waals surface area contributed by atoms with Crippen LogP contribution in [0, 0.1) is 13.8 Å². The molecule has 1 amide bonds. The highest BCUT2D eigenvalue weighted by Crippen LogP contribution is 2.27. The van der Waals surface area contributed by atoms with Crippen LogP contribution in [0.2, 0.25) is 0 Å². The predicted octanol–water partition coefficient (Wildman–Crippen LogP) is 3.99. The van der Waals surface area contributed by atoms with Gasteiger partial charge in [-0.2, -0.15) is 9.78 Å². The van der Waals surface area contributed by atoms with Crippen LogP contribution in [0.5, 0.6) is 11.5 Å². The highest BCUT2D eigenvalue weighted by Gasteiger charge is 2.17. The van der Waals surface area contributed by atoms with Crippen molar-refractivity contribution in [2.75, 3.05) is 19.5 Å². The lowest BCUT2D eigenvalue weighted by molar-refractivity contribution is -0.115. The van der Waals surface area contributed by atoms with Crippen LogP contribution in [0.15, 0.2) is 58.4 Å². The third-order valence-corrected chi connectivity index (χ3v) is 5.82. The van der Waals surface area contributed by atoms with E-state index in [1.807, 2.05) is 32.0 Å². The van der Waals surface area contributed by atoms with Crippen LogP contribution >= 0.6 is 11.8 Å². The Labute approximate surface area is 185 Å². The van der Waals surface area contributed by atoms with E-state index in [-0.39, 0.29) is 11.5 Å². The molecule has 7 nitrogen and oxygen atoms in total. The maximum absolute atomic E-state index is 12.7. The molecule has 1 heterocycles. The number of carbonyl (C=O) groups excluding carboxylic acids is 1. The van der Waals surface area contributed by atoms with Gasteiger partial charge < -0.3 is 14.8 Å². The predicted molar refractivity (Wildman–Crippen MR) is 123 cm³/mol. The molecule has 0 saturated heterocycles. The van der Waals surface area contributed by atoms with E-state index in [9.17, 15) is 9.59 Å². The van der Waals surface area contributed by atoms with Crippen molar-refractivity contribution in [2.45, 2.75) is 31.0 Å². The number of carbonyl (C=O) groups is 1. The number of nitrogens with zero attached hydrogens (tertiary/aromatic N) is 2. The zero-order valence-electron chi connectivity index (χ0n) is 18.1. The highest BCUT2D eigenvalue weighted by atomic mass is 32.2. The van der Waals surface area contributed by atoms with Gasteiger partial charge in [-0.1, -0.05) is 17.8 Å². The number of aromatic nitrogens is 2. The average Bonchev–Trinajstić information content (AvgIpc) is 2.76. The largest absolute Gasteiger partial charge is 0.497 e. The lowest BCUT2D eigenvalue weighted by Gasteiger charge is -2.14. The highest BCUT2D eigenvalue weighted by molar-refractivity contribution is 8.00. The molecule has 8 heteroatoms. The van der Waals surface area contributed by atoms with Crippen LogP contribution in [0.3, 0.4) is 0 Å². The molecule has 0 spiro atoms. The number of nitrogens with one attached hydrogen (secondary N) is 1. The molecule has 2 aromatic carbocycles. The van der Waals surface area contributed by atoms with Gasteiger partial charge >= 0.3 is 0 Å². The molecule has 0 aliphatic rings. The molecule has 0 bridgehead atoms. The Kier molecular flexibility index (Phi) is 7.02. The molecule has 162 valence electrons. The van der Waals surface area contributed by atoms with Crippen LogP contribution in [0.4, 0.5) is 5.69 Å². The van der Waals surface area contributed by atoms with E-state index >= 15 is 0 Å². The second-order valence-electron chi connectivity index (χ2n) is 7.04. The van der Waals surface area contributed by atoms with Crippen LogP contribution in [-0.4, -0.2) is 35.2 Å². The molecule has 0 unspecified atom stereocenters. The molecule has 1 aromatic heterocycles. The zero-order chi connectivity index (χ0) is 22.5. The summed E-state index contributed by atoms with van der Waals surface area (Å²) in [5, 5.41) is 7.44. The average molecular weight is 440 g/mol. The third kappa shape index (κ3) is 5.46. The number of methoxy groups -OCH3 is 2. The summed E-state index contributed by atoms with van der Waals surface area (Å²) in [4.78, 5) is 25.0. The monoisotopic (exact) mass is 439 g/mol. The fourth-order valence-corrected chi connectivity index (χ4v) is 3.66. The van der Waals surface area contributed by atoms with E-state index in [1.54, 1.807) is 45.4 Å². The molecular weight excluding hydrogens is 414 g/mol. The van der Waals surface area contributed by atoms with E-state index in [2.05, 4.69) is 10.4 Å². The van der Waals surface area contributed by atoms with Crippen molar-refractivity contribution in [3.63, 3.8) is 0 Å². The number of ether oxygens (including phenoxy) is 2. The first-order valence-corrected chi connectivity index (χ1v) is 10.6. The van der Waals surface area contributed by atoms with Crippen molar-refractivity contribution >= 4 is 23.4 Å².